The van der Waals surface area contributed by atoms with Gasteiger partial charge in [0, 0.05) is 11.3 Å². The number of alkyl carbamates (subject to hydrolysis) is 1. The summed E-state index contributed by atoms with van der Waals surface area (Å²) in [6.07, 6.45) is -0.243. The fraction of sp³-hybridized carbons (Fsp3) is 0.286. The zero-order valence-electron chi connectivity index (χ0n) is 21.7. The molecule has 2 aromatic carbocycles. The Morgan fingerprint density at radius 2 is 1.64 bits per heavy atom. The Morgan fingerprint density at radius 3 is 2.19 bits per heavy atom. The van der Waals surface area contributed by atoms with Crippen LogP contribution >= 0.6 is 58.2 Å². The first-order valence-corrected chi connectivity index (χ1v) is 15.0. The van der Waals surface area contributed by atoms with E-state index in [4.69, 9.17) is 60.6 Å². The van der Waals surface area contributed by atoms with Gasteiger partial charge in [-0.15, -0.1) is 23.4 Å². The van der Waals surface area contributed by atoms with Crippen LogP contribution in [0.5, 0.6) is 0 Å². The van der Waals surface area contributed by atoms with Crippen LogP contribution in [0.2, 0.25) is 0 Å². The second-order valence-corrected chi connectivity index (χ2v) is 12.9. The number of amides is 2. The zero-order chi connectivity index (χ0) is 30.4. The molecule has 2 heterocycles. The van der Waals surface area contributed by atoms with Gasteiger partial charge in [-0.05, 0) is 11.1 Å². The minimum Gasteiger partial charge on any atom is -0.460 e. The van der Waals surface area contributed by atoms with Crippen LogP contribution < -0.4 is 5.32 Å². The Morgan fingerprint density at radius 1 is 1.05 bits per heavy atom. The summed E-state index contributed by atoms with van der Waals surface area (Å²) in [6.45, 7) is 3.00. The van der Waals surface area contributed by atoms with Gasteiger partial charge in [-0.25, -0.2) is 9.59 Å². The number of nitrogens with one attached hydrogen (secondary N) is 1. The third-order valence-electron chi connectivity index (χ3n) is 6.16. The number of thioether (sulfide) groups is 1. The van der Waals surface area contributed by atoms with Crippen molar-refractivity contribution < 1.29 is 33.4 Å². The Kier molecular flexibility index (Phi) is 10.7. The zero-order valence-corrected chi connectivity index (χ0v) is 25.6. The van der Waals surface area contributed by atoms with Gasteiger partial charge in [0.2, 0.25) is 3.79 Å². The molecule has 1 saturated heterocycles. The number of esters is 2. The highest BCUT2D eigenvalue weighted by Gasteiger charge is 2.55. The average molecular weight is 674 g/mol. The molecule has 4 rings (SSSR count). The Bertz CT molecular complexity index is 1330. The predicted molar refractivity (Wildman–Crippen MR) is 160 cm³/mol. The summed E-state index contributed by atoms with van der Waals surface area (Å²) in [7, 11) is 0. The van der Waals surface area contributed by atoms with E-state index in [1.807, 2.05) is 60.7 Å². The number of benzene rings is 2. The normalized spacial score (nSPS) is 18.9. The molecule has 2 aliphatic heterocycles. The molecule has 0 radical (unpaired) electrons. The van der Waals surface area contributed by atoms with Crippen LogP contribution in [0.25, 0.3) is 0 Å². The number of carbonyl (C=O) groups excluding carboxylic acids is 4. The maximum Gasteiger partial charge on any atom is 0.408 e. The van der Waals surface area contributed by atoms with Crippen LogP contribution in [-0.4, -0.2) is 68.4 Å². The van der Waals surface area contributed by atoms with Crippen molar-refractivity contribution in [2.24, 2.45) is 0 Å². The van der Waals surface area contributed by atoms with E-state index >= 15 is 0 Å². The molecule has 0 aliphatic carbocycles. The average Bonchev–Trinajstić information content (AvgIpc) is 2.99. The summed E-state index contributed by atoms with van der Waals surface area (Å²) in [6, 6.07) is 17.2. The van der Waals surface area contributed by atoms with E-state index in [1.54, 1.807) is 0 Å². The van der Waals surface area contributed by atoms with Crippen LogP contribution in [0.1, 0.15) is 17.2 Å². The van der Waals surface area contributed by atoms with E-state index in [-0.39, 0.29) is 23.6 Å². The van der Waals surface area contributed by atoms with E-state index in [0.717, 1.165) is 0 Å². The molecule has 2 amide bonds. The summed E-state index contributed by atoms with van der Waals surface area (Å²) >= 11 is 24.3. The first-order valence-electron chi connectivity index (χ1n) is 12.4. The number of hydrogen-bond acceptors (Lipinski definition) is 8. The van der Waals surface area contributed by atoms with Crippen molar-refractivity contribution in [2.75, 3.05) is 19.0 Å². The van der Waals surface area contributed by atoms with Gasteiger partial charge in [-0.1, -0.05) is 108 Å². The lowest BCUT2D eigenvalue weighted by molar-refractivity contribution is -0.154. The third kappa shape index (κ3) is 7.36. The molecule has 42 heavy (non-hydrogen) atoms. The predicted octanol–water partition coefficient (Wildman–Crippen LogP) is 5.29. The number of halogens is 4. The lowest BCUT2D eigenvalue weighted by atomic mass is 10.0. The number of ether oxygens (including phenoxy) is 3. The quantitative estimate of drug-likeness (QED) is 0.119. The Labute approximate surface area is 266 Å². The number of rotatable bonds is 10. The molecule has 1 unspecified atom stereocenters. The minimum absolute atomic E-state index is 0.0443. The third-order valence-corrected chi connectivity index (χ3v) is 8.99. The molecule has 14 heteroatoms. The summed E-state index contributed by atoms with van der Waals surface area (Å²) in [5, 5.41) is 0.236. The monoisotopic (exact) mass is 672 g/mol. The fourth-order valence-corrected chi connectivity index (χ4v) is 5.86. The van der Waals surface area contributed by atoms with Crippen LogP contribution in [0.4, 0.5) is 4.79 Å². The number of alkyl halides is 4. The SMILES string of the molecule is C=CCOC(=O)N[C@@H]1C(=O)N2C(C(=O)OC(c3ccccc3)c3ccccc3)=C(COC(=O)C(Cl)C(Cl)(Cl)Cl)CS[C@H]12. The van der Waals surface area contributed by atoms with Crippen LogP contribution in [-0.2, 0) is 28.6 Å². The number of nitrogens with zero attached hydrogens (tertiary/aromatic N) is 1. The summed E-state index contributed by atoms with van der Waals surface area (Å²) in [5.74, 6) is -2.30. The molecule has 0 bridgehead atoms. The maximum atomic E-state index is 13.9. The Balaban J connectivity index is 1.64. The van der Waals surface area contributed by atoms with Crippen molar-refractivity contribution in [2.45, 2.75) is 26.7 Å². The summed E-state index contributed by atoms with van der Waals surface area (Å²) < 4.78 is 14.1. The highest BCUT2D eigenvalue weighted by molar-refractivity contribution is 8.00. The molecule has 0 spiro atoms. The van der Waals surface area contributed by atoms with Gasteiger partial charge in [0.1, 0.15) is 30.3 Å². The van der Waals surface area contributed by atoms with Gasteiger partial charge in [-0.2, -0.15) is 0 Å². The lowest BCUT2D eigenvalue weighted by Gasteiger charge is -2.49. The van der Waals surface area contributed by atoms with Gasteiger partial charge < -0.3 is 19.5 Å². The lowest BCUT2D eigenvalue weighted by Crippen LogP contribution is -2.70. The molecular weight excluding hydrogens is 650 g/mol. The van der Waals surface area contributed by atoms with Crippen molar-refractivity contribution in [3.05, 3.63) is 95.7 Å². The highest BCUT2D eigenvalue weighted by Crippen LogP contribution is 2.42. The van der Waals surface area contributed by atoms with Gasteiger partial charge in [0.25, 0.3) is 5.91 Å². The number of fused-ring (bicyclic) bond motifs is 1. The van der Waals surface area contributed by atoms with Crippen molar-refractivity contribution in [3.8, 4) is 0 Å². The van der Waals surface area contributed by atoms with Crippen molar-refractivity contribution in [1.82, 2.24) is 10.2 Å². The van der Waals surface area contributed by atoms with Crippen molar-refractivity contribution in [3.63, 3.8) is 0 Å². The molecule has 1 fully saturated rings. The van der Waals surface area contributed by atoms with E-state index in [2.05, 4.69) is 11.9 Å². The molecule has 1 N–H and O–H groups in total. The van der Waals surface area contributed by atoms with Crippen molar-refractivity contribution in [1.29, 1.82) is 0 Å². The highest BCUT2D eigenvalue weighted by atomic mass is 35.6. The number of hydrogen-bond donors (Lipinski definition) is 1. The van der Waals surface area contributed by atoms with E-state index < -0.39 is 57.2 Å². The topological polar surface area (TPSA) is 111 Å². The molecule has 2 aliphatic rings. The van der Waals surface area contributed by atoms with Crippen LogP contribution in [0.3, 0.4) is 0 Å². The largest absolute Gasteiger partial charge is 0.460 e. The molecule has 3 atom stereocenters. The Hall–Kier alpha value is -2.89. The minimum atomic E-state index is -2.13. The van der Waals surface area contributed by atoms with Gasteiger partial charge >= 0.3 is 18.0 Å². The smallest absolute Gasteiger partial charge is 0.408 e. The first kappa shape index (κ1) is 32.0. The standard InChI is InChI=1S/C28H24Cl4N2O7S/c1-2-13-39-27(38)33-19-23(35)34-20(18(15-42-24(19)34)14-40-26(37)22(29)28(30,31)32)25(36)41-21(16-9-5-3-6-10-16)17-11-7-4-8-12-17/h2-12,19,21-22,24H,1,13-15H2,(H,33,38)/t19-,22?,24-/m1/s1. The first-order chi connectivity index (χ1) is 20.0. The molecule has 2 aromatic rings. The molecule has 222 valence electrons. The van der Waals surface area contributed by atoms with E-state index in [1.165, 1.54) is 22.7 Å². The summed E-state index contributed by atoms with van der Waals surface area (Å²) in [5.41, 5.74) is 1.54. The number of carbonyl (C=O) groups is 4. The molecule has 0 aromatic heterocycles. The van der Waals surface area contributed by atoms with E-state index in [9.17, 15) is 19.2 Å². The molecule has 0 saturated carbocycles. The fourth-order valence-electron chi connectivity index (χ4n) is 4.20. The van der Waals surface area contributed by atoms with Crippen LogP contribution in [0.15, 0.2) is 84.6 Å². The van der Waals surface area contributed by atoms with E-state index in [0.29, 0.717) is 11.1 Å². The van der Waals surface area contributed by atoms with Gasteiger partial charge in [0.15, 0.2) is 11.5 Å². The van der Waals surface area contributed by atoms with Gasteiger partial charge in [-0.3, -0.25) is 14.5 Å². The molecular formula is C28H24Cl4N2O7S. The maximum absolute atomic E-state index is 13.9. The van der Waals surface area contributed by atoms with Crippen molar-refractivity contribution >= 4 is 82.1 Å². The van der Waals surface area contributed by atoms with Gasteiger partial charge in [0.05, 0.1) is 0 Å². The summed E-state index contributed by atoms with van der Waals surface area (Å²) in [4.78, 5) is 52.9. The number of β-lactam (4-membered cyclic amide) rings is 1. The molecule has 9 nitrogen and oxygen atoms in total. The second kappa shape index (κ2) is 14.1. The van der Waals surface area contributed by atoms with Crippen LogP contribution in [0, 0.1) is 0 Å². The second-order valence-electron chi connectivity index (χ2n) is 8.99.